The van der Waals surface area contributed by atoms with Crippen molar-refractivity contribution in [3.8, 4) is 0 Å². The summed E-state index contributed by atoms with van der Waals surface area (Å²) in [6.07, 6.45) is 11.0. The summed E-state index contributed by atoms with van der Waals surface area (Å²) >= 11 is 0. The smallest absolute Gasteiger partial charge is 0.0159 e. The maximum absolute atomic E-state index is 2.37. The lowest BCUT2D eigenvalue weighted by Crippen LogP contribution is -2.02. The molecule has 0 aromatic heterocycles. The van der Waals surface area contributed by atoms with E-state index in [-0.39, 0.29) is 0 Å². The zero-order chi connectivity index (χ0) is 14.1. The molecule has 0 heteroatoms. The Hall–Kier alpha value is -0.780. The molecule has 0 nitrogen and oxygen atoms in total. The van der Waals surface area contributed by atoms with E-state index in [1.54, 1.807) is 5.56 Å². The van der Waals surface area contributed by atoms with Crippen LogP contribution in [0.5, 0.6) is 0 Å². The van der Waals surface area contributed by atoms with Crippen molar-refractivity contribution in [2.75, 3.05) is 0 Å². The number of hydrogen-bond acceptors (Lipinski definition) is 0. The summed E-state index contributed by atoms with van der Waals surface area (Å²) in [6.45, 7) is 9.07. The Morgan fingerprint density at radius 1 is 0.842 bits per heavy atom. The van der Waals surface area contributed by atoms with Crippen LogP contribution in [0, 0.1) is 13.8 Å². The minimum absolute atomic E-state index is 0.784. The van der Waals surface area contributed by atoms with E-state index in [2.05, 4.69) is 45.9 Å². The van der Waals surface area contributed by atoms with Gasteiger partial charge >= 0.3 is 0 Å². The van der Waals surface area contributed by atoms with E-state index in [4.69, 9.17) is 0 Å². The second kappa shape index (κ2) is 9.18. The van der Waals surface area contributed by atoms with E-state index < -0.39 is 0 Å². The highest BCUT2D eigenvalue weighted by atomic mass is 14.2. The molecule has 0 aliphatic rings. The zero-order valence-corrected chi connectivity index (χ0v) is 13.5. The van der Waals surface area contributed by atoms with Crippen LogP contribution in [-0.2, 0) is 0 Å². The van der Waals surface area contributed by atoms with E-state index in [1.165, 1.54) is 62.5 Å². The van der Waals surface area contributed by atoms with E-state index in [0.717, 1.165) is 5.92 Å². The molecule has 1 aromatic rings. The lowest BCUT2D eigenvalue weighted by atomic mass is 9.86. The van der Waals surface area contributed by atoms with Gasteiger partial charge in [-0.25, -0.2) is 0 Å². The third-order valence-electron chi connectivity index (χ3n) is 4.16. The van der Waals surface area contributed by atoms with Gasteiger partial charge in [0, 0.05) is 0 Å². The molecule has 0 bridgehead atoms. The Balaban J connectivity index is 2.55. The molecular formula is C19H32. The molecule has 1 rings (SSSR count). The first-order valence-corrected chi connectivity index (χ1v) is 8.26. The van der Waals surface area contributed by atoms with Crippen molar-refractivity contribution in [1.29, 1.82) is 0 Å². The molecule has 0 saturated heterocycles. The van der Waals surface area contributed by atoms with Crippen LogP contribution in [0.4, 0.5) is 0 Å². The second-order valence-electron chi connectivity index (χ2n) is 6.05. The second-order valence-corrected chi connectivity index (χ2v) is 6.05. The maximum atomic E-state index is 2.37. The Morgan fingerprint density at radius 2 is 1.58 bits per heavy atom. The maximum Gasteiger partial charge on any atom is -0.0159 e. The van der Waals surface area contributed by atoms with Crippen LogP contribution in [-0.4, -0.2) is 0 Å². The van der Waals surface area contributed by atoms with Gasteiger partial charge in [-0.1, -0.05) is 76.1 Å². The van der Waals surface area contributed by atoms with E-state index >= 15 is 0 Å². The zero-order valence-electron chi connectivity index (χ0n) is 13.5. The molecule has 0 aliphatic carbocycles. The van der Waals surface area contributed by atoms with Crippen LogP contribution in [0.25, 0.3) is 0 Å². The summed E-state index contributed by atoms with van der Waals surface area (Å²) in [5, 5.41) is 0. The van der Waals surface area contributed by atoms with Gasteiger partial charge in [0.2, 0.25) is 0 Å². The normalized spacial score (nSPS) is 12.6. The van der Waals surface area contributed by atoms with E-state index in [1.807, 2.05) is 0 Å². The largest absolute Gasteiger partial charge is 0.0654 e. The molecule has 1 aromatic carbocycles. The van der Waals surface area contributed by atoms with Gasteiger partial charge in [-0.05, 0) is 43.7 Å². The molecule has 108 valence electrons. The van der Waals surface area contributed by atoms with Crippen LogP contribution in [0.3, 0.4) is 0 Å². The molecule has 1 unspecified atom stereocenters. The Labute approximate surface area is 120 Å². The SMILES string of the molecule is CCCCCCCC(CCC)c1ccc(C)cc1C. The topological polar surface area (TPSA) is 0 Å². The predicted molar refractivity (Wildman–Crippen MR) is 86.9 cm³/mol. The van der Waals surface area contributed by atoms with Crippen molar-refractivity contribution < 1.29 is 0 Å². The standard InChI is InChI=1S/C19H32/c1-5-7-8-9-10-12-18(11-6-2)19-14-13-16(3)15-17(19)4/h13-15,18H,5-12H2,1-4H3. The minimum Gasteiger partial charge on any atom is -0.0654 e. The summed E-state index contributed by atoms with van der Waals surface area (Å²) in [4.78, 5) is 0. The average molecular weight is 260 g/mol. The molecular weight excluding hydrogens is 228 g/mol. The molecule has 0 fully saturated rings. The third kappa shape index (κ3) is 5.80. The Kier molecular flexibility index (Phi) is 7.86. The molecule has 0 spiro atoms. The van der Waals surface area contributed by atoms with Gasteiger partial charge in [-0.3, -0.25) is 0 Å². The number of rotatable bonds is 9. The van der Waals surface area contributed by atoms with Crippen molar-refractivity contribution in [2.24, 2.45) is 0 Å². The lowest BCUT2D eigenvalue weighted by Gasteiger charge is -2.19. The van der Waals surface area contributed by atoms with Gasteiger partial charge in [-0.2, -0.15) is 0 Å². The van der Waals surface area contributed by atoms with Crippen LogP contribution >= 0.6 is 0 Å². The molecule has 0 aliphatic heterocycles. The summed E-state index contributed by atoms with van der Waals surface area (Å²) in [6, 6.07) is 6.99. The fraction of sp³-hybridized carbons (Fsp3) is 0.684. The van der Waals surface area contributed by atoms with Crippen molar-refractivity contribution in [1.82, 2.24) is 0 Å². The highest BCUT2D eigenvalue weighted by molar-refractivity contribution is 5.33. The van der Waals surface area contributed by atoms with E-state index in [9.17, 15) is 0 Å². The Morgan fingerprint density at radius 3 is 2.21 bits per heavy atom. The fourth-order valence-electron chi connectivity index (χ4n) is 3.08. The first-order valence-electron chi connectivity index (χ1n) is 8.26. The van der Waals surface area contributed by atoms with Gasteiger partial charge in [0.25, 0.3) is 0 Å². The monoisotopic (exact) mass is 260 g/mol. The molecule has 19 heavy (non-hydrogen) atoms. The van der Waals surface area contributed by atoms with Crippen LogP contribution in [0.1, 0.15) is 87.8 Å². The van der Waals surface area contributed by atoms with Gasteiger partial charge in [0.15, 0.2) is 0 Å². The number of hydrogen-bond donors (Lipinski definition) is 0. The summed E-state index contributed by atoms with van der Waals surface area (Å²) in [5.41, 5.74) is 4.48. The van der Waals surface area contributed by atoms with Gasteiger partial charge in [0.05, 0.1) is 0 Å². The quantitative estimate of drug-likeness (QED) is 0.442. The highest BCUT2D eigenvalue weighted by Gasteiger charge is 2.12. The van der Waals surface area contributed by atoms with Gasteiger partial charge in [-0.15, -0.1) is 0 Å². The fourth-order valence-corrected chi connectivity index (χ4v) is 3.08. The number of benzene rings is 1. The summed E-state index contributed by atoms with van der Waals surface area (Å²) in [7, 11) is 0. The molecule has 0 N–H and O–H groups in total. The van der Waals surface area contributed by atoms with Gasteiger partial charge < -0.3 is 0 Å². The molecule has 1 atom stereocenters. The predicted octanol–water partition coefficient (Wildman–Crippen LogP) is 6.55. The van der Waals surface area contributed by atoms with Gasteiger partial charge in [0.1, 0.15) is 0 Å². The number of unbranched alkanes of at least 4 members (excludes halogenated alkanes) is 4. The first-order chi connectivity index (χ1) is 9.19. The van der Waals surface area contributed by atoms with Crippen molar-refractivity contribution >= 4 is 0 Å². The van der Waals surface area contributed by atoms with Crippen LogP contribution in [0.2, 0.25) is 0 Å². The number of aryl methyl sites for hydroxylation is 2. The average Bonchev–Trinajstić information content (AvgIpc) is 2.38. The van der Waals surface area contributed by atoms with Crippen molar-refractivity contribution in [3.05, 3.63) is 34.9 Å². The van der Waals surface area contributed by atoms with E-state index in [0.29, 0.717) is 0 Å². The third-order valence-corrected chi connectivity index (χ3v) is 4.16. The molecule has 0 heterocycles. The first kappa shape index (κ1) is 16.3. The molecule has 0 amide bonds. The Bertz CT molecular complexity index is 351. The summed E-state index contributed by atoms with van der Waals surface area (Å²) in [5.74, 6) is 0.784. The van der Waals surface area contributed by atoms with Crippen LogP contribution in [0.15, 0.2) is 18.2 Å². The molecule has 0 saturated carbocycles. The summed E-state index contributed by atoms with van der Waals surface area (Å²) < 4.78 is 0. The highest BCUT2D eigenvalue weighted by Crippen LogP contribution is 2.30. The van der Waals surface area contributed by atoms with Crippen molar-refractivity contribution in [3.63, 3.8) is 0 Å². The molecule has 0 radical (unpaired) electrons. The van der Waals surface area contributed by atoms with Crippen molar-refractivity contribution in [2.45, 2.75) is 85.0 Å². The van der Waals surface area contributed by atoms with Crippen LogP contribution < -0.4 is 0 Å². The lowest BCUT2D eigenvalue weighted by molar-refractivity contribution is 0.514. The minimum atomic E-state index is 0.784.